The van der Waals surface area contributed by atoms with E-state index in [1.165, 1.54) is 0 Å². The van der Waals surface area contributed by atoms with Gasteiger partial charge in [-0.3, -0.25) is 0 Å². The minimum Gasteiger partial charge on any atom is -0.457 e. The number of rotatable bonds is 5. The van der Waals surface area contributed by atoms with Gasteiger partial charge in [-0.2, -0.15) is 5.26 Å². The van der Waals surface area contributed by atoms with Crippen molar-refractivity contribution in [1.82, 2.24) is 20.1 Å². The van der Waals surface area contributed by atoms with E-state index < -0.39 is 0 Å². The third kappa shape index (κ3) is 3.94. The third-order valence-corrected chi connectivity index (χ3v) is 4.42. The van der Waals surface area contributed by atoms with Crippen molar-refractivity contribution >= 4 is 11.7 Å². The summed E-state index contributed by atoms with van der Waals surface area (Å²) in [7, 11) is 0. The predicted molar refractivity (Wildman–Crippen MR) is 102 cm³/mol. The Morgan fingerprint density at radius 1 is 1.11 bits per heavy atom. The van der Waals surface area contributed by atoms with E-state index in [2.05, 4.69) is 31.5 Å². The average molecular weight is 374 g/mol. The van der Waals surface area contributed by atoms with Gasteiger partial charge in [-0.1, -0.05) is 0 Å². The van der Waals surface area contributed by atoms with E-state index in [4.69, 9.17) is 10.00 Å². The Morgan fingerprint density at radius 2 is 1.82 bits per heavy atom. The largest absolute Gasteiger partial charge is 0.457 e. The van der Waals surface area contributed by atoms with E-state index in [1.807, 2.05) is 0 Å². The molecule has 0 spiro atoms. The molecular weight excluding hydrogens is 356 g/mol. The summed E-state index contributed by atoms with van der Waals surface area (Å²) in [5.74, 6) is 3.02. The summed E-state index contributed by atoms with van der Waals surface area (Å²) < 4.78 is 7.77. The number of benzene rings is 2. The molecular formula is C20H18N6O2. The number of aromatic nitrogens is 3. The van der Waals surface area contributed by atoms with Gasteiger partial charge in [0.15, 0.2) is 5.82 Å². The van der Waals surface area contributed by atoms with Gasteiger partial charge in [-0.15, -0.1) is 10.2 Å². The molecule has 0 saturated heterocycles. The van der Waals surface area contributed by atoms with Crippen LogP contribution in [0, 0.1) is 11.3 Å². The smallest absolute Gasteiger partial charge is 0.319 e. The zero-order chi connectivity index (χ0) is 19.3. The van der Waals surface area contributed by atoms with Crippen LogP contribution >= 0.6 is 0 Å². The molecule has 0 radical (unpaired) electrons. The third-order valence-electron chi connectivity index (χ3n) is 4.42. The van der Waals surface area contributed by atoms with Gasteiger partial charge in [0.05, 0.1) is 18.2 Å². The number of urea groups is 1. The van der Waals surface area contributed by atoms with Crippen molar-refractivity contribution in [1.29, 1.82) is 5.26 Å². The molecule has 140 valence electrons. The van der Waals surface area contributed by atoms with E-state index in [9.17, 15) is 4.79 Å². The number of carbonyl (C=O) groups is 1. The Bertz CT molecular complexity index is 1020. The monoisotopic (exact) mass is 374 g/mol. The molecule has 1 aromatic heterocycles. The number of aryl methyl sites for hydroxylation is 1. The first kappa shape index (κ1) is 17.5. The van der Waals surface area contributed by atoms with Crippen molar-refractivity contribution in [3.05, 3.63) is 65.7 Å². The van der Waals surface area contributed by atoms with E-state index in [0.717, 1.165) is 31.0 Å². The van der Waals surface area contributed by atoms with E-state index >= 15 is 0 Å². The minimum atomic E-state index is -0.309. The van der Waals surface area contributed by atoms with Crippen molar-refractivity contribution in [2.75, 3.05) is 5.32 Å². The maximum atomic E-state index is 12.1. The number of ether oxygens (including phenoxy) is 1. The second kappa shape index (κ2) is 7.80. The fourth-order valence-electron chi connectivity index (χ4n) is 3.02. The molecule has 2 aromatic carbocycles. The van der Waals surface area contributed by atoms with Crippen LogP contribution in [-0.2, 0) is 19.5 Å². The zero-order valence-corrected chi connectivity index (χ0v) is 15.1. The Morgan fingerprint density at radius 3 is 2.54 bits per heavy atom. The molecule has 2 N–H and O–H groups in total. The highest BCUT2D eigenvalue weighted by atomic mass is 16.5. The minimum absolute atomic E-state index is 0.309. The molecule has 0 fully saturated rings. The molecule has 2 heterocycles. The fourth-order valence-corrected chi connectivity index (χ4v) is 3.02. The van der Waals surface area contributed by atoms with E-state index in [0.29, 0.717) is 29.3 Å². The Hall–Kier alpha value is -3.86. The maximum Gasteiger partial charge on any atom is 0.319 e. The molecule has 3 aromatic rings. The number of anilines is 1. The van der Waals surface area contributed by atoms with Gasteiger partial charge in [0.2, 0.25) is 0 Å². The van der Waals surface area contributed by atoms with Crippen LogP contribution in [0.4, 0.5) is 10.5 Å². The molecule has 0 saturated carbocycles. The Kier molecular flexibility index (Phi) is 4.89. The number of carbonyl (C=O) groups excluding carboxylic acids is 1. The van der Waals surface area contributed by atoms with Crippen molar-refractivity contribution in [3.8, 4) is 17.6 Å². The van der Waals surface area contributed by atoms with Crippen LogP contribution in [-0.4, -0.2) is 20.8 Å². The lowest BCUT2D eigenvalue weighted by Gasteiger charge is -2.09. The highest BCUT2D eigenvalue weighted by Crippen LogP contribution is 2.23. The van der Waals surface area contributed by atoms with Crippen LogP contribution in [0.1, 0.15) is 23.6 Å². The summed E-state index contributed by atoms with van der Waals surface area (Å²) in [5, 5.41) is 22.6. The van der Waals surface area contributed by atoms with Crippen molar-refractivity contribution in [2.45, 2.75) is 25.9 Å². The summed E-state index contributed by atoms with van der Waals surface area (Å²) >= 11 is 0. The first-order chi connectivity index (χ1) is 13.7. The van der Waals surface area contributed by atoms with E-state index in [-0.39, 0.29) is 6.03 Å². The van der Waals surface area contributed by atoms with E-state index in [1.54, 1.807) is 48.5 Å². The summed E-state index contributed by atoms with van der Waals surface area (Å²) in [5.41, 5.74) is 1.23. The highest BCUT2D eigenvalue weighted by Gasteiger charge is 2.17. The number of nitrogens with one attached hydrogen (secondary N) is 2. The van der Waals surface area contributed by atoms with Crippen LogP contribution in [0.15, 0.2) is 48.5 Å². The molecule has 4 rings (SSSR count). The lowest BCUT2D eigenvalue weighted by Crippen LogP contribution is -2.29. The summed E-state index contributed by atoms with van der Waals surface area (Å²) in [4.78, 5) is 12.1. The topological polar surface area (TPSA) is 105 Å². The molecule has 8 heteroatoms. The number of nitrogens with zero attached hydrogens (tertiary/aromatic N) is 4. The van der Waals surface area contributed by atoms with Crippen LogP contribution in [0.3, 0.4) is 0 Å². The van der Waals surface area contributed by atoms with Gasteiger partial charge < -0.3 is 19.9 Å². The van der Waals surface area contributed by atoms with Gasteiger partial charge in [-0.25, -0.2) is 4.79 Å². The predicted octanol–water partition coefficient (Wildman–Crippen LogP) is 3.21. The molecule has 0 atom stereocenters. The first-order valence-electron chi connectivity index (χ1n) is 8.95. The second-order valence-electron chi connectivity index (χ2n) is 6.36. The SMILES string of the molecule is N#Cc1ccc(Oc2ccc(NC(=O)NCc3nnc4n3CCC4)cc2)cc1. The number of hydrogen-bond acceptors (Lipinski definition) is 5. The number of amides is 2. The van der Waals surface area contributed by atoms with Gasteiger partial charge in [0.1, 0.15) is 17.3 Å². The molecule has 1 aliphatic heterocycles. The van der Waals surface area contributed by atoms with Crippen molar-refractivity contribution in [3.63, 3.8) is 0 Å². The van der Waals surface area contributed by atoms with Gasteiger partial charge >= 0.3 is 6.03 Å². The van der Waals surface area contributed by atoms with Crippen LogP contribution < -0.4 is 15.4 Å². The maximum absolute atomic E-state index is 12.1. The second-order valence-corrected chi connectivity index (χ2v) is 6.36. The molecule has 2 amide bonds. The summed E-state index contributed by atoms with van der Waals surface area (Å²) in [6.45, 7) is 1.24. The van der Waals surface area contributed by atoms with Gasteiger partial charge in [0, 0.05) is 18.7 Å². The summed E-state index contributed by atoms with van der Waals surface area (Å²) in [6.07, 6.45) is 2.01. The van der Waals surface area contributed by atoms with Crippen LogP contribution in [0.5, 0.6) is 11.5 Å². The molecule has 1 aliphatic rings. The number of nitriles is 1. The fraction of sp³-hybridized carbons (Fsp3) is 0.200. The zero-order valence-electron chi connectivity index (χ0n) is 15.1. The lowest BCUT2D eigenvalue weighted by atomic mass is 10.2. The standard InChI is InChI=1S/C20H18N6O2/c21-12-14-3-7-16(8-4-14)28-17-9-5-15(6-10-17)23-20(27)22-13-19-25-24-18-2-1-11-26(18)19/h3-10H,1-2,11,13H2,(H2,22,23,27). The summed E-state index contributed by atoms with van der Waals surface area (Å²) in [6, 6.07) is 15.7. The van der Waals surface area contributed by atoms with Crippen LogP contribution in [0.25, 0.3) is 0 Å². The number of hydrogen-bond donors (Lipinski definition) is 2. The average Bonchev–Trinajstić information content (AvgIpc) is 3.33. The normalized spacial score (nSPS) is 12.1. The Balaban J connectivity index is 1.29. The lowest BCUT2D eigenvalue weighted by molar-refractivity contribution is 0.251. The molecule has 0 aliphatic carbocycles. The molecule has 28 heavy (non-hydrogen) atoms. The molecule has 0 unspecified atom stereocenters. The highest BCUT2D eigenvalue weighted by molar-refractivity contribution is 5.89. The molecule has 0 bridgehead atoms. The Labute approximate surface area is 161 Å². The molecule has 8 nitrogen and oxygen atoms in total. The van der Waals surface area contributed by atoms with Gasteiger partial charge in [0.25, 0.3) is 0 Å². The van der Waals surface area contributed by atoms with Crippen molar-refractivity contribution in [2.24, 2.45) is 0 Å². The van der Waals surface area contributed by atoms with Gasteiger partial charge in [-0.05, 0) is 55.0 Å². The van der Waals surface area contributed by atoms with Crippen LogP contribution in [0.2, 0.25) is 0 Å². The first-order valence-corrected chi connectivity index (χ1v) is 8.95. The quantitative estimate of drug-likeness (QED) is 0.713. The number of fused-ring (bicyclic) bond motifs is 1. The van der Waals surface area contributed by atoms with Crippen molar-refractivity contribution < 1.29 is 9.53 Å².